The Morgan fingerprint density at radius 2 is 2.17 bits per heavy atom. The Morgan fingerprint density at radius 3 is 3.04 bits per heavy atom. The number of carbonyl (C=O) groups is 1. The van der Waals surface area contributed by atoms with Crippen LogP contribution in [0.5, 0.6) is 0 Å². The van der Waals surface area contributed by atoms with Crippen molar-refractivity contribution in [2.24, 2.45) is 0 Å². The maximum Gasteiger partial charge on any atom is 0.222 e. The van der Waals surface area contributed by atoms with Gasteiger partial charge < -0.3 is 9.64 Å². The molecule has 0 radical (unpaired) electrons. The van der Waals surface area contributed by atoms with E-state index in [4.69, 9.17) is 4.74 Å². The Hall–Kier alpha value is -2.21. The first-order chi connectivity index (χ1) is 11.8. The number of carbonyl (C=O) groups excluding carboxylic acids is 1. The molecule has 2 atom stereocenters. The zero-order valence-corrected chi connectivity index (χ0v) is 13.7. The van der Waals surface area contributed by atoms with Crippen molar-refractivity contribution in [2.45, 2.75) is 44.4 Å². The third-order valence-electron chi connectivity index (χ3n) is 4.98. The number of ether oxygens (including phenoxy) is 1. The van der Waals surface area contributed by atoms with Crippen LogP contribution < -0.4 is 0 Å². The van der Waals surface area contributed by atoms with Gasteiger partial charge in [-0.05, 0) is 24.8 Å². The molecule has 126 valence electrons. The molecule has 6 nitrogen and oxygen atoms in total. The van der Waals surface area contributed by atoms with Gasteiger partial charge in [0.15, 0.2) is 0 Å². The first kappa shape index (κ1) is 15.3. The number of likely N-dealkylation sites (tertiary alicyclic amines) is 1. The summed E-state index contributed by atoms with van der Waals surface area (Å²) in [6.45, 7) is 2.01. The fourth-order valence-corrected chi connectivity index (χ4v) is 3.65. The minimum absolute atomic E-state index is 0.100. The van der Waals surface area contributed by atoms with Crippen LogP contribution >= 0.6 is 0 Å². The quantitative estimate of drug-likeness (QED) is 0.862. The Kier molecular flexibility index (Phi) is 4.30. The van der Waals surface area contributed by atoms with Gasteiger partial charge in [0.05, 0.1) is 30.6 Å². The highest BCUT2D eigenvalue weighted by Gasteiger charge is 2.37. The van der Waals surface area contributed by atoms with Gasteiger partial charge >= 0.3 is 0 Å². The molecule has 0 N–H and O–H groups in total. The summed E-state index contributed by atoms with van der Waals surface area (Å²) in [5, 5.41) is 8.16. The minimum Gasteiger partial charge on any atom is -0.370 e. The van der Waals surface area contributed by atoms with E-state index in [2.05, 4.69) is 22.4 Å². The summed E-state index contributed by atoms with van der Waals surface area (Å²) in [5.74, 6) is 0.233. The predicted molar refractivity (Wildman–Crippen MR) is 88.2 cm³/mol. The zero-order chi connectivity index (χ0) is 16.4. The fraction of sp³-hybridized carbons (Fsp3) is 0.500. The zero-order valence-electron chi connectivity index (χ0n) is 13.7. The summed E-state index contributed by atoms with van der Waals surface area (Å²) in [4.78, 5) is 14.5. The normalized spacial score (nSPS) is 22.8. The van der Waals surface area contributed by atoms with Crippen LogP contribution in [-0.4, -0.2) is 45.0 Å². The summed E-state index contributed by atoms with van der Waals surface area (Å²) in [6.07, 6.45) is 5.19. The lowest BCUT2D eigenvalue weighted by Gasteiger charge is -2.41. The van der Waals surface area contributed by atoms with Gasteiger partial charge in [0.1, 0.15) is 0 Å². The number of aromatic nitrogens is 3. The number of piperidine rings is 1. The molecule has 2 aliphatic heterocycles. The molecule has 0 spiro atoms. The molecule has 24 heavy (non-hydrogen) atoms. The van der Waals surface area contributed by atoms with Crippen LogP contribution in [0.1, 0.15) is 36.6 Å². The second kappa shape index (κ2) is 6.73. The van der Waals surface area contributed by atoms with Crippen molar-refractivity contribution in [1.82, 2.24) is 19.9 Å². The highest BCUT2D eigenvalue weighted by atomic mass is 16.5. The van der Waals surface area contributed by atoms with E-state index in [0.717, 1.165) is 31.5 Å². The number of aryl methyl sites for hydroxylation is 1. The molecule has 1 aromatic carbocycles. The van der Waals surface area contributed by atoms with E-state index in [1.54, 1.807) is 6.20 Å². The van der Waals surface area contributed by atoms with E-state index in [1.165, 1.54) is 5.56 Å². The number of hydrogen-bond donors (Lipinski definition) is 0. The number of benzene rings is 1. The lowest BCUT2D eigenvalue weighted by Crippen LogP contribution is -2.49. The highest BCUT2D eigenvalue weighted by Crippen LogP contribution is 2.30. The van der Waals surface area contributed by atoms with Gasteiger partial charge in [-0.1, -0.05) is 35.5 Å². The topological polar surface area (TPSA) is 60.3 Å². The minimum atomic E-state index is 0.100. The van der Waals surface area contributed by atoms with Gasteiger partial charge in [-0.15, -0.1) is 5.10 Å². The third kappa shape index (κ3) is 3.06. The molecule has 0 aliphatic carbocycles. The Balaban J connectivity index is 1.33. The molecule has 2 aromatic rings. The second-order valence-electron chi connectivity index (χ2n) is 6.55. The van der Waals surface area contributed by atoms with Gasteiger partial charge in [-0.25, -0.2) is 4.68 Å². The lowest BCUT2D eigenvalue weighted by atomic mass is 9.99. The first-order valence-corrected chi connectivity index (χ1v) is 8.63. The van der Waals surface area contributed by atoms with Crippen molar-refractivity contribution in [2.75, 3.05) is 13.1 Å². The van der Waals surface area contributed by atoms with E-state index >= 15 is 0 Å². The number of nitrogens with zero attached hydrogens (tertiary/aromatic N) is 4. The van der Waals surface area contributed by atoms with Gasteiger partial charge in [0.2, 0.25) is 5.91 Å². The molecule has 0 saturated carbocycles. The smallest absolute Gasteiger partial charge is 0.222 e. The van der Waals surface area contributed by atoms with E-state index < -0.39 is 0 Å². The van der Waals surface area contributed by atoms with Crippen molar-refractivity contribution in [3.8, 4) is 0 Å². The number of amides is 1. The van der Waals surface area contributed by atoms with Crippen LogP contribution in [0.3, 0.4) is 0 Å². The van der Waals surface area contributed by atoms with Gasteiger partial charge in [0, 0.05) is 19.5 Å². The predicted octanol–water partition coefficient (Wildman–Crippen LogP) is 1.97. The van der Waals surface area contributed by atoms with Crippen LogP contribution in [0.2, 0.25) is 0 Å². The molecular formula is C18H22N4O2. The molecule has 0 bridgehead atoms. The van der Waals surface area contributed by atoms with Crippen LogP contribution in [-0.2, 0) is 22.6 Å². The molecule has 1 aromatic heterocycles. The molecule has 1 saturated heterocycles. The first-order valence-electron chi connectivity index (χ1n) is 8.63. The van der Waals surface area contributed by atoms with Gasteiger partial charge in [-0.3, -0.25) is 4.79 Å². The largest absolute Gasteiger partial charge is 0.370 e. The summed E-state index contributed by atoms with van der Waals surface area (Å²) in [6, 6.07) is 10.4. The average Bonchev–Trinajstić information content (AvgIpc) is 3.11. The Bertz CT molecular complexity index is 700. The van der Waals surface area contributed by atoms with E-state index in [9.17, 15) is 4.79 Å². The van der Waals surface area contributed by atoms with Gasteiger partial charge in [0.25, 0.3) is 0 Å². The maximum atomic E-state index is 12.6. The van der Waals surface area contributed by atoms with E-state index in [-0.39, 0.29) is 18.1 Å². The van der Waals surface area contributed by atoms with Crippen molar-refractivity contribution in [3.63, 3.8) is 0 Å². The molecule has 4 rings (SSSR count). The number of hydrogen-bond acceptors (Lipinski definition) is 4. The Morgan fingerprint density at radius 1 is 1.29 bits per heavy atom. The molecule has 1 amide bonds. The van der Waals surface area contributed by atoms with Crippen LogP contribution in [0.25, 0.3) is 0 Å². The Labute approximate surface area is 141 Å². The van der Waals surface area contributed by atoms with Crippen molar-refractivity contribution in [3.05, 3.63) is 47.8 Å². The van der Waals surface area contributed by atoms with Crippen molar-refractivity contribution in [1.29, 1.82) is 0 Å². The molecular weight excluding hydrogens is 304 g/mol. The SMILES string of the molecule is O=C(CCCc1ccccc1)N1CC[C@@H]2OCc3cnnn3[C@@H]2C1. The number of rotatable bonds is 4. The summed E-state index contributed by atoms with van der Waals surface area (Å²) in [7, 11) is 0. The molecule has 2 aliphatic rings. The summed E-state index contributed by atoms with van der Waals surface area (Å²) in [5.41, 5.74) is 2.28. The van der Waals surface area contributed by atoms with Crippen LogP contribution in [0.15, 0.2) is 36.5 Å². The highest BCUT2D eigenvalue weighted by molar-refractivity contribution is 5.76. The van der Waals surface area contributed by atoms with Gasteiger partial charge in [-0.2, -0.15) is 0 Å². The fourth-order valence-electron chi connectivity index (χ4n) is 3.65. The van der Waals surface area contributed by atoms with E-state index in [1.807, 2.05) is 27.8 Å². The molecule has 1 fully saturated rings. The summed E-state index contributed by atoms with van der Waals surface area (Å²) >= 11 is 0. The lowest BCUT2D eigenvalue weighted by molar-refractivity contribution is -0.138. The van der Waals surface area contributed by atoms with Crippen LogP contribution in [0.4, 0.5) is 0 Å². The van der Waals surface area contributed by atoms with Crippen molar-refractivity contribution >= 4 is 5.91 Å². The average molecular weight is 326 g/mol. The monoisotopic (exact) mass is 326 g/mol. The summed E-state index contributed by atoms with van der Waals surface area (Å²) < 4.78 is 7.84. The standard InChI is InChI=1S/C18H22N4O2/c23-18(8-4-7-14-5-2-1-3-6-14)21-10-9-17-16(12-21)22-15(13-24-17)11-19-20-22/h1-3,5-6,11,16-17H,4,7-10,12-13H2/t16-,17+/m1/s1. The molecule has 0 unspecified atom stereocenters. The van der Waals surface area contributed by atoms with Crippen LogP contribution in [0, 0.1) is 0 Å². The molecule has 6 heteroatoms. The number of fused-ring (bicyclic) bond motifs is 3. The second-order valence-corrected chi connectivity index (χ2v) is 6.55. The maximum absolute atomic E-state index is 12.6. The van der Waals surface area contributed by atoms with Crippen molar-refractivity contribution < 1.29 is 9.53 Å². The van der Waals surface area contributed by atoms with E-state index in [0.29, 0.717) is 19.6 Å². The molecule has 3 heterocycles. The third-order valence-corrected chi connectivity index (χ3v) is 4.98.